The van der Waals surface area contributed by atoms with E-state index in [9.17, 15) is 0 Å². The van der Waals surface area contributed by atoms with Crippen molar-refractivity contribution in [3.63, 3.8) is 0 Å². The van der Waals surface area contributed by atoms with Crippen molar-refractivity contribution >= 4 is 29.9 Å². The van der Waals surface area contributed by atoms with Crippen molar-refractivity contribution in [3.05, 3.63) is 30.1 Å². The Kier molecular flexibility index (Phi) is 7.26. The Bertz CT molecular complexity index is 415. The van der Waals surface area contributed by atoms with Gasteiger partial charge in [0.1, 0.15) is 0 Å². The second-order valence-corrected chi connectivity index (χ2v) is 5.45. The fraction of sp³-hybridized carbons (Fsp3) is 0.600. The van der Waals surface area contributed by atoms with E-state index in [4.69, 9.17) is 5.73 Å². The summed E-state index contributed by atoms with van der Waals surface area (Å²) in [6, 6.07) is 5.95. The number of halogens is 1. The zero-order valence-electron chi connectivity index (χ0n) is 12.1. The van der Waals surface area contributed by atoms with Gasteiger partial charge in [-0.3, -0.25) is 9.98 Å². The summed E-state index contributed by atoms with van der Waals surface area (Å²) < 4.78 is 0. The highest BCUT2D eigenvalue weighted by atomic mass is 127. The molecule has 1 aliphatic carbocycles. The minimum atomic E-state index is 0. The molecular formula is C15H25IN4. The lowest BCUT2D eigenvalue weighted by molar-refractivity contribution is 0.472. The third-order valence-corrected chi connectivity index (χ3v) is 3.74. The molecule has 1 heterocycles. The third kappa shape index (κ3) is 5.64. The highest BCUT2D eigenvalue weighted by molar-refractivity contribution is 14.0. The highest BCUT2D eigenvalue weighted by Crippen LogP contribution is 2.49. The fourth-order valence-corrected chi connectivity index (χ4v) is 2.37. The molecule has 0 aromatic carbocycles. The van der Waals surface area contributed by atoms with E-state index in [1.807, 2.05) is 24.4 Å². The highest BCUT2D eigenvalue weighted by Gasteiger charge is 2.41. The first-order valence-electron chi connectivity index (χ1n) is 7.18. The smallest absolute Gasteiger partial charge is 0.188 e. The molecule has 2 rings (SSSR count). The lowest BCUT2D eigenvalue weighted by atomic mass is 10.0. The van der Waals surface area contributed by atoms with Crippen LogP contribution in [0.1, 0.15) is 38.3 Å². The Hall–Kier alpha value is -0.850. The van der Waals surface area contributed by atoms with Crippen LogP contribution in [-0.2, 0) is 6.42 Å². The van der Waals surface area contributed by atoms with E-state index in [0.29, 0.717) is 11.4 Å². The van der Waals surface area contributed by atoms with E-state index in [2.05, 4.69) is 22.2 Å². The number of aliphatic imine (C=N–C) groups is 1. The van der Waals surface area contributed by atoms with Crippen LogP contribution in [0.15, 0.2) is 29.4 Å². The Balaban J connectivity index is 0.00000200. The Morgan fingerprint density at radius 3 is 2.85 bits per heavy atom. The quantitative estimate of drug-likeness (QED) is 0.429. The van der Waals surface area contributed by atoms with Crippen molar-refractivity contribution in [3.8, 4) is 0 Å². The Labute approximate surface area is 138 Å². The summed E-state index contributed by atoms with van der Waals surface area (Å²) in [6.45, 7) is 3.90. The minimum absolute atomic E-state index is 0. The van der Waals surface area contributed by atoms with Crippen LogP contribution < -0.4 is 11.1 Å². The molecule has 3 N–H and O–H groups in total. The number of pyridine rings is 1. The summed E-state index contributed by atoms with van der Waals surface area (Å²) in [5, 5.41) is 3.16. The summed E-state index contributed by atoms with van der Waals surface area (Å²) in [6.07, 6.45) is 7.82. The van der Waals surface area contributed by atoms with Gasteiger partial charge in [0.25, 0.3) is 0 Å². The predicted molar refractivity (Wildman–Crippen MR) is 94.4 cm³/mol. The van der Waals surface area contributed by atoms with Crippen molar-refractivity contribution in [1.29, 1.82) is 0 Å². The molecule has 1 saturated carbocycles. The lowest BCUT2D eigenvalue weighted by Gasteiger charge is -2.11. The van der Waals surface area contributed by atoms with Crippen LogP contribution in [0.25, 0.3) is 0 Å². The van der Waals surface area contributed by atoms with Crippen LogP contribution >= 0.6 is 24.0 Å². The number of nitrogens with two attached hydrogens (primary N) is 1. The van der Waals surface area contributed by atoms with Crippen molar-refractivity contribution in [1.82, 2.24) is 10.3 Å². The van der Waals surface area contributed by atoms with Crippen LogP contribution in [-0.4, -0.2) is 24.0 Å². The summed E-state index contributed by atoms with van der Waals surface area (Å²) in [5.74, 6) is 0.568. The topological polar surface area (TPSA) is 63.3 Å². The van der Waals surface area contributed by atoms with E-state index >= 15 is 0 Å². The largest absolute Gasteiger partial charge is 0.370 e. The van der Waals surface area contributed by atoms with Gasteiger partial charge in [-0.2, -0.15) is 0 Å². The number of nitrogens with one attached hydrogen (secondary N) is 1. The van der Waals surface area contributed by atoms with Gasteiger partial charge >= 0.3 is 0 Å². The first-order chi connectivity index (χ1) is 9.24. The normalized spacial score (nSPS) is 16.4. The van der Waals surface area contributed by atoms with Gasteiger partial charge in [0.2, 0.25) is 0 Å². The van der Waals surface area contributed by atoms with Gasteiger partial charge in [-0.25, -0.2) is 0 Å². The fourth-order valence-electron chi connectivity index (χ4n) is 2.37. The molecule has 0 saturated heterocycles. The second kappa shape index (κ2) is 8.44. The Morgan fingerprint density at radius 1 is 1.45 bits per heavy atom. The number of hydrogen-bond acceptors (Lipinski definition) is 2. The van der Waals surface area contributed by atoms with Crippen molar-refractivity contribution < 1.29 is 0 Å². The van der Waals surface area contributed by atoms with Crippen molar-refractivity contribution in [2.45, 2.75) is 39.0 Å². The summed E-state index contributed by atoms with van der Waals surface area (Å²) in [4.78, 5) is 8.75. The second-order valence-electron chi connectivity index (χ2n) is 5.45. The molecule has 0 unspecified atom stereocenters. The van der Waals surface area contributed by atoms with Gasteiger partial charge in [0, 0.05) is 31.4 Å². The third-order valence-electron chi connectivity index (χ3n) is 3.74. The number of nitrogens with zero attached hydrogens (tertiary/aromatic N) is 2. The van der Waals surface area contributed by atoms with Crippen molar-refractivity contribution in [2.75, 3.05) is 13.1 Å². The maximum Gasteiger partial charge on any atom is 0.188 e. The number of rotatable bonds is 7. The maximum atomic E-state index is 5.89. The zero-order valence-corrected chi connectivity index (χ0v) is 14.5. The SMILES string of the molecule is CCCC1(CN=C(N)NCCc2ccccn2)CC1.I. The van der Waals surface area contributed by atoms with E-state index < -0.39 is 0 Å². The van der Waals surface area contributed by atoms with Crippen LogP contribution in [0.5, 0.6) is 0 Å². The molecule has 4 nitrogen and oxygen atoms in total. The Morgan fingerprint density at radius 2 is 2.25 bits per heavy atom. The molecule has 1 aromatic heterocycles. The number of guanidine groups is 1. The molecule has 1 aromatic rings. The average molecular weight is 388 g/mol. The predicted octanol–water partition coefficient (Wildman–Crippen LogP) is 2.73. The molecule has 5 heteroatoms. The molecular weight excluding hydrogens is 363 g/mol. The monoisotopic (exact) mass is 388 g/mol. The van der Waals surface area contributed by atoms with Gasteiger partial charge < -0.3 is 11.1 Å². The molecule has 0 spiro atoms. The summed E-state index contributed by atoms with van der Waals surface area (Å²) >= 11 is 0. The number of hydrogen-bond donors (Lipinski definition) is 2. The molecule has 0 amide bonds. The molecule has 0 radical (unpaired) electrons. The van der Waals surface area contributed by atoms with E-state index in [1.54, 1.807) is 0 Å². The van der Waals surface area contributed by atoms with Gasteiger partial charge in [0.05, 0.1) is 0 Å². The van der Waals surface area contributed by atoms with Gasteiger partial charge in [-0.1, -0.05) is 19.4 Å². The van der Waals surface area contributed by atoms with E-state index in [-0.39, 0.29) is 24.0 Å². The molecule has 1 fully saturated rings. The van der Waals surface area contributed by atoms with Crippen LogP contribution in [0.4, 0.5) is 0 Å². The molecule has 20 heavy (non-hydrogen) atoms. The minimum Gasteiger partial charge on any atom is -0.370 e. The van der Waals surface area contributed by atoms with Crippen LogP contribution in [0, 0.1) is 5.41 Å². The number of aromatic nitrogens is 1. The molecule has 0 aliphatic heterocycles. The summed E-state index contributed by atoms with van der Waals surface area (Å²) in [7, 11) is 0. The molecule has 0 atom stereocenters. The average Bonchev–Trinajstić information content (AvgIpc) is 3.19. The molecule has 112 valence electrons. The van der Waals surface area contributed by atoms with Gasteiger partial charge in [-0.15, -0.1) is 24.0 Å². The first kappa shape index (κ1) is 17.2. The molecule has 0 bridgehead atoms. The van der Waals surface area contributed by atoms with E-state index in [0.717, 1.165) is 25.2 Å². The van der Waals surface area contributed by atoms with Crippen LogP contribution in [0.3, 0.4) is 0 Å². The van der Waals surface area contributed by atoms with Crippen LogP contribution in [0.2, 0.25) is 0 Å². The van der Waals surface area contributed by atoms with Crippen molar-refractivity contribution in [2.24, 2.45) is 16.1 Å². The lowest BCUT2D eigenvalue weighted by Crippen LogP contribution is -2.34. The summed E-state index contributed by atoms with van der Waals surface area (Å²) in [5.41, 5.74) is 7.44. The van der Waals surface area contributed by atoms with Gasteiger partial charge in [-0.05, 0) is 36.8 Å². The van der Waals surface area contributed by atoms with E-state index in [1.165, 1.54) is 25.7 Å². The molecule has 1 aliphatic rings. The maximum absolute atomic E-state index is 5.89. The zero-order chi connectivity index (χ0) is 13.6. The first-order valence-corrected chi connectivity index (χ1v) is 7.18. The van der Waals surface area contributed by atoms with Gasteiger partial charge in [0.15, 0.2) is 5.96 Å². The standard InChI is InChI=1S/C15H24N4.HI/c1-2-7-15(8-9-15)12-19-14(16)18-11-6-13-5-3-4-10-17-13;/h3-5,10H,2,6-9,11-12H2,1H3,(H3,16,18,19);1H.